The summed E-state index contributed by atoms with van der Waals surface area (Å²) in [6.07, 6.45) is 1.87. The molecule has 0 amide bonds. The van der Waals surface area contributed by atoms with Gasteiger partial charge in [0.1, 0.15) is 0 Å². The first-order chi connectivity index (χ1) is 10.4. The maximum absolute atomic E-state index is 11.1. The Balaban J connectivity index is 1.84. The van der Waals surface area contributed by atoms with E-state index in [0.29, 0.717) is 19.1 Å². The molecule has 0 N–H and O–H groups in total. The highest BCUT2D eigenvalue weighted by atomic mass is 32.2. The lowest BCUT2D eigenvalue weighted by atomic mass is 9.94. The molecular weight excluding hydrogens is 302 g/mol. The standard InChI is InChI=1S/C16H25NO4S/c1-13(2)17-11-16(15(17)9-10-21-22(3,18)19)20-12-14-7-5-4-6-8-14/h4-8,13,15-16H,9-12H2,1-3H3/t15-,16-/m1/s1. The zero-order valence-electron chi connectivity index (χ0n) is 13.4. The quantitative estimate of drug-likeness (QED) is 0.684. The van der Waals surface area contributed by atoms with Crippen molar-refractivity contribution in [3.05, 3.63) is 35.9 Å². The molecule has 2 rings (SSSR count). The topological polar surface area (TPSA) is 55.8 Å². The van der Waals surface area contributed by atoms with Crippen LogP contribution in [-0.2, 0) is 25.6 Å². The third-order valence-corrected chi connectivity index (χ3v) is 4.52. The smallest absolute Gasteiger partial charge is 0.264 e. The minimum atomic E-state index is -3.37. The lowest BCUT2D eigenvalue weighted by molar-refractivity contribution is -0.127. The largest absolute Gasteiger partial charge is 0.371 e. The van der Waals surface area contributed by atoms with Gasteiger partial charge in [-0.05, 0) is 25.8 Å². The van der Waals surface area contributed by atoms with Crippen molar-refractivity contribution in [2.45, 2.75) is 45.1 Å². The number of likely N-dealkylation sites (tertiary alicyclic amines) is 1. The van der Waals surface area contributed by atoms with E-state index in [1.807, 2.05) is 30.3 Å². The van der Waals surface area contributed by atoms with Crippen LogP contribution < -0.4 is 0 Å². The number of hydrogen-bond donors (Lipinski definition) is 0. The second-order valence-electron chi connectivity index (χ2n) is 6.01. The second-order valence-corrected chi connectivity index (χ2v) is 7.65. The summed E-state index contributed by atoms with van der Waals surface area (Å²) in [7, 11) is -3.37. The average molecular weight is 327 g/mol. The SMILES string of the molecule is CC(C)N1C[C@@H](OCc2ccccc2)[C@H]1CCOS(C)(=O)=O. The fourth-order valence-electron chi connectivity index (χ4n) is 2.75. The van der Waals surface area contributed by atoms with Gasteiger partial charge in [0, 0.05) is 18.6 Å². The molecule has 1 aromatic carbocycles. The first-order valence-corrected chi connectivity index (χ1v) is 9.44. The molecule has 22 heavy (non-hydrogen) atoms. The number of hydrogen-bond acceptors (Lipinski definition) is 5. The molecule has 2 atom stereocenters. The molecule has 1 saturated heterocycles. The Morgan fingerprint density at radius 3 is 2.55 bits per heavy atom. The van der Waals surface area contributed by atoms with Crippen LogP contribution in [0.3, 0.4) is 0 Å². The Morgan fingerprint density at radius 1 is 1.27 bits per heavy atom. The normalized spacial score (nSPS) is 22.7. The van der Waals surface area contributed by atoms with Crippen molar-refractivity contribution in [2.75, 3.05) is 19.4 Å². The summed E-state index contributed by atoms with van der Waals surface area (Å²) in [5.41, 5.74) is 1.15. The first kappa shape index (κ1) is 17.4. The minimum absolute atomic E-state index is 0.130. The number of benzene rings is 1. The van der Waals surface area contributed by atoms with Gasteiger partial charge in [0.2, 0.25) is 0 Å². The molecular formula is C16H25NO4S. The first-order valence-electron chi connectivity index (χ1n) is 7.62. The molecule has 0 aromatic heterocycles. The third kappa shape index (κ3) is 5.05. The number of ether oxygens (including phenoxy) is 1. The van der Waals surface area contributed by atoms with Crippen molar-refractivity contribution in [3.8, 4) is 0 Å². The Morgan fingerprint density at radius 2 is 1.95 bits per heavy atom. The van der Waals surface area contributed by atoms with E-state index in [9.17, 15) is 8.42 Å². The van der Waals surface area contributed by atoms with Crippen LogP contribution in [0.15, 0.2) is 30.3 Å². The zero-order chi connectivity index (χ0) is 16.2. The van der Waals surface area contributed by atoms with E-state index >= 15 is 0 Å². The number of nitrogens with zero attached hydrogens (tertiary/aromatic N) is 1. The molecule has 1 aliphatic heterocycles. The fraction of sp³-hybridized carbons (Fsp3) is 0.625. The fourth-order valence-corrected chi connectivity index (χ4v) is 3.15. The lowest BCUT2D eigenvalue weighted by Crippen LogP contribution is -2.63. The molecule has 6 heteroatoms. The molecule has 1 aliphatic rings. The van der Waals surface area contributed by atoms with E-state index < -0.39 is 10.1 Å². The van der Waals surface area contributed by atoms with E-state index in [-0.39, 0.29) is 18.8 Å². The minimum Gasteiger partial charge on any atom is -0.371 e. The lowest BCUT2D eigenvalue weighted by Gasteiger charge is -2.50. The molecule has 0 bridgehead atoms. The maximum atomic E-state index is 11.1. The van der Waals surface area contributed by atoms with Crippen molar-refractivity contribution in [1.29, 1.82) is 0 Å². The average Bonchev–Trinajstić information content (AvgIpc) is 2.42. The predicted molar refractivity (Wildman–Crippen MR) is 86.1 cm³/mol. The van der Waals surface area contributed by atoms with Gasteiger partial charge in [0.05, 0.1) is 25.6 Å². The Hall–Kier alpha value is -0.950. The van der Waals surface area contributed by atoms with Crippen LogP contribution in [0, 0.1) is 0 Å². The van der Waals surface area contributed by atoms with Crippen LogP contribution in [0.25, 0.3) is 0 Å². The van der Waals surface area contributed by atoms with Crippen LogP contribution >= 0.6 is 0 Å². The summed E-state index contributed by atoms with van der Waals surface area (Å²) in [4.78, 5) is 2.32. The third-order valence-electron chi connectivity index (χ3n) is 3.93. The van der Waals surface area contributed by atoms with Gasteiger partial charge in [0.15, 0.2) is 0 Å². The van der Waals surface area contributed by atoms with Crippen LogP contribution in [0.1, 0.15) is 25.8 Å². The number of rotatable bonds is 8. The van der Waals surface area contributed by atoms with E-state index in [1.165, 1.54) is 0 Å². The summed E-state index contributed by atoms with van der Waals surface area (Å²) in [6.45, 7) is 5.95. The second kappa shape index (κ2) is 7.55. The highest BCUT2D eigenvalue weighted by Gasteiger charge is 2.40. The summed E-state index contributed by atoms with van der Waals surface area (Å²) in [5, 5.41) is 0. The van der Waals surface area contributed by atoms with Gasteiger partial charge in [-0.3, -0.25) is 9.08 Å². The Bertz CT molecular complexity index is 559. The van der Waals surface area contributed by atoms with Crippen LogP contribution in [0.2, 0.25) is 0 Å². The molecule has 0 radical (unpaired) electrons. The Kier molecular flexibility index (Phi) is 5.97. The van der Waals surface area contributed by atoms with Gasteiger partial charge in [-0.25, -0.2) is 0 Å². The molecule has 0 unspecified atom stereocenters. The molecule has 0 saturated carbocycles. The van der Waals surface area contributed by atoms with Crippen LogP contribution in [0.4, 0.5) is 0 Å². The van der Waals surface area contributed by atoms with Gasteiger partial charge in [-0.1, -0.05) is 30.3 Å². The van der Waals surface area contributed by atoms with E-state index in [0.717, 1.165) is 18.4 Å². The predicted octanol–water partition coefficient (Wildman–Crippen LogP) is 2.03. The van der Waals surface area contributed by atoms with Gasteiger partial charge in [-0.15, -0.1) is 0 Å². The Labute approximate surface area is 133 Å². The molecule has 0 aliphatic carbocycles. The van der Waals surface area contributed by atoms with Gasteiger partial charge in [-0.2, -0.15) is 8.42 Å². The van der Waals surface area contributed by atoms with E-state index in [2.05, 4.69) is 18.7 Å². The summed E-state index contributed by atoms with van der Waals surface area (Å²) < 4.78 is 33.0. The van der Waals surface area contributed by atoms with Gasteiger partial charge >= 0.3 is 0 Å². The van der Waals surface area contributed by atoms with Crippen molar-refractivity contribution in [1.82, 2.24) is 4.90 Å². The monoisotopic (exact) mass is 327 g/mol. The molecule has 0 spiro atoms. The molecule has 1 aromatic rings. The molecule has 124 valence electrons. The van der Waals surface area contributed by atoms with Gasteiger partial charge in [0.25, 0.3) is 10.1 Å². The summed E-state index contributed by atoms with van der Waals surface area (Å²) in [6, 6.07) is 10.7. The van der Waals surface area contributed by atoms with Crippen molar-refractivity contribution >= 4 is 10.1 Å². The summed E-state index contributed by atoms with van der Waals surface area (Å²) in [5.74, 6) is 0. The van der Waals surface area contributed by atoms with Crippen molar-refractivity contribution in [3.63, 3.8) is 0 Å². The van der Waals surface area contributed by atoms with Crippen LogP contribution in [0.5, 0.6) is 0 Å². The highest BCUT2D eigenvalue weighted by molar-refractivity contribution is 7.85. The van der Waals surface area contributed by atoms with E-state index in [4.69, 9.17) is 8.92 Å². The van der Waals surface area contributed by atoms with Crippen molar-refractivity contribution in [2.24, 2.45) is 0 Å². The van der Waals surface area contributed by atoms with Gasteiger partial charge < -0.3 is 4.74 Å². The summed E-state index contributed by atoms with van der Waals surface area (Å²) >= 11 is 0. The zero-order valence-corrected chi connectivity index (χ0v) is 14.3. The van der Waals surface area contributed by atoms with Crippen molar-refractivity contribution < 1.29 is 17.3 Å². The molecule has 5 nitrogen and oxygen atoms in total. The highest BCUT2D eigenvalue weighted by Crippen LogP contribution is 2.27. The van der Waals surface area contributed by atoms with E-state index in [1.54, 1.807) is 0 Å². The maximum Gasteiger partial charge on any atom is 0.264 e. The molecule has 1 fully saturated rings. The molecule has 1 heterocycles. The van der Waals surface area contributed by atoms with Crippen LogP contribution in [-0.4, -0.2) is 50.9 Å².